The molecule has 2 aromatic rings. The van der Waals surface area contributed by atoms with Crippen LogP contribution in [0.25, 0.3) is 10.8 Å². The van der Waals surface area contributed by atoms with Crippen LogP contribution < -0.4 is 9.47 Å². The van der Waals surface area contributed by atoms with Gasteiger partial charge in [0.25, 0.3) is 0 Å². The third-order valence-corrected chi connectivity index (χ3v) is 2.45. The van der Waals surface area contributed by atoms with Gasteiger partial charge in [0.15, 0.2) is 18.4 Å². The average molecular weight is 236 g/mol. The number of hydrogen-bond donors (Lipinski definition) is 0. The fourth-order valence-electron chi connectivity index (χ4n) is 1.66. The molecule has 0 N–H and O–H groups in total. The molecule has 0 fully saturated rings. The molecule has 0 radical (unpaired) electrons. The Morgan fingerprint density at radius 2 is 1.94 bits per heavy atom. The molecule has 0 saturated heterocycles. The van der Waals surface area contributed by atoms with E-state index in [1.54, 1.807) is 18.2 Å². The van der Waals surface area contributed by atoms with Crippen LogP contribution in [0, 0.1) is 5.82 Å². The SMILES string of the molecule is COCOc1c(OC)cc2ccccc2c1F. The van der Waals surface area contributed by atoms with Crippen molar-refractivity contribution in [3.8, 4) is 11.5 Å². The van der Waals surface area contributed by atoms with E-state index in [4.69, 9.17) is 14.2 Å². The largest absolute Gasteiger partial charge is 0.493 e. The van der Waals surface area contributed by atoms with Gasteiger partial charge in [-0.05, 0) is 11.5 Å². The first-order valence-corrected chi connectivity index (χ1v) is 5.15. The van der Waals surface area contributed by atoms with Crippen molar-refractivity contribution in [1.82, 2.24) is 0 Å². The summed E-state index contributed by atoms with van der Waals surface area (Å²) in [6, 6.07) is 8.88. The molecule has 0 atom stereocenters. The third-order valence-electron chi connectivity index (χ3n) is 2.45. The smallest absolute Gasteiger partial charge is 0.200 e. The highest BCUT2D eigenvalue weighted by atomic mass is 19.1. The van der Waals surface area contributed by atoms with Gasteiger partial charge >= 0.3 is 0 Å². The second-order valence-electron chi connectivity index (χ2n) is 3.49. The molecule has 0 aliphatic heterocycles. The van der Waals surface area contributed by atoms with Gasteiger partial charge in [-0.15, -0.1) is 0 Å². The Labute approximate surface area is 98.7 Å². The van der Waals surface area contributed by atoms with Crippen molar-refractivity contribution in [3.05, 3.63) is 36.1 Å². The van der Waals surface area contributed by atoms with Gasteiger partial charge in [0.05, 0.1) is 7.11 Å². The number of rotatable bonds is 4. The van der Waals surface area contributed by atoms with E-state index in [-0.39, 0.29) is 12.5 Å². The van der Waals surface area contributed by atoms with Crippen LogP contribution in [-0.4, -0.2) is 21.0 Å². The van der Waals surface area contributed by atoms with Crippen LogP contribution in [0.5, 0.6) is 11.5 Å². The number of fused-ring (bicyclic) bond motifs is 1. The molecule has 0 amide bonds. The second-order valence-corrected chi connectivity index (χ2v) is 3.49. The van der Waals surface area contributed by atoms with Gasteiger partial charge in [-0.1, -0.05) is 24.3 Å². The maximum absolute atomic E-state index is 14.2. The summed E-state index contributed by atoms with van der Waals surface area (Å²) in [7, 11) is 2.95. The number of ether oxygens (including phenoxy) is 3. The molecule has 0 aliphatic rings. The van der Waals surface area contributed by atoms with E-state index in [0.29, 0.717) is 11.1 Å². The zero-order valence-corrected chi connectivity index (χ0v) is 9.70. The number of halogens is 1. The van der Waals surface area contributed by atoms with Crippen LogP contribution in [-0.2, 0) is 4.74 Å². The molecule has 3 nitrogen and oxygen atoms in total. The lowest BCUT2D eigenvalue weighted by Gasteiger charge is -2.12. The van der Waals surface area contributed by atoms with Crippen LogP contribution >= 0.6 is 0 Å². The monoisotopic (exact) mass is 236 g/mol. The molecule has 2 aromatic carbocycles. The van der Waals surface area contributed by atoms with Gasteiger partial charge in [0.2, 0.25) is 5.75 Å². The summed E-state index contributed by atoms with van der Waals surface area (Å²) in [5.74, 6) is 0.00306. The lowest BCUT2D eigenvalue weighted by atomic mass is 10.1. The van der Waals surface area contributed by atoms with E-state index in [1.165, 1.54) is 14.2 Å². The Bertz CT molecular complexity index is 525. The van der Waals surface area contributed by atoms with Gasteiger partial charge in [-0.3, -0.25) is 0 Å². The Hall–Kier alpha value is -1.81. The van der Waals surface area contributed by atoms with Crippen LogP contribution in [0.2, 0.25) is 0 Å². The zero-order chi connectivity index (χ0) is 12.3. The molecular formula is C13H13FO3. The minimum absolute atomic E-state index is 0.0222. The molecule has 0 aliphatic carbocycles. The molecule has 0 unspecified atom stereocenters. The summed E-state index contributed by atoms with van der Waals surface area (Å²) >= 11 is 0. The Kier molecular flexibility index (Phi) is 3.44. The van der Waals surface area contributed by atoms with Crippen molar-refractivity contribution in [2.45, 2.75) is 0 Å². The summed E-state index contributed by atoms with van der Waals surface area (Å²) in [5.41, 5.74) is 0. The van der Waals surface area contributed by atoms with Crippen molar-refractivity contribution in [2.75, 3.05) is 21.0 Å². The van der Waals surface area contributed by atoms with E-state index in [2.05, 4.69) is 0 Å². The van der Waals surface area contributed by atoms with Gasteiger partial charge in [-0.25, -0.2) is 4.39 Å². The zero-order valence-electron chi connectivity index (χ0n) is 9.70. The van der Waals surface area contributed by atoms with Crippen molar-refractivity contribution in [3.63, 3.8) is 0 Å². The highest BCUT2D eigenvalue weighted by molar-refractivity contribution is 5.86. The standard InChI is InChI=1S/C13H13FO3/c1-15-8-17-13-11(16-2)7-9-5-3-4-6-10(9)12(13)14/h3-7H,8H2,1-2H3. The van der Waals surface area contributed by atoms with Crippen molar-refractivity contribution < 1.29 is 18.6 Å². The van der Waals surface area contributed by atoms with Crippen LogP contribution in [0.3, 0.4) is 0 Å². The topological polar surface area (TPSA) is 27.7 Å². The predicted molar refractivity (Wildman–Crippen MR) is 63.0 cm³/mol. The summed E-state index contributed by atoms with van der Waals surface area (Å²) in [4.78, 5) is 0. The quantitative estimate of drug-likeness (QED) is 0.764. The average Bonchev–Trinajstić information content (AvgIpc) is 2.37. The van der Waals surface area contributed by atoms with E-state index in [1.807, 2.05) is 12.1 Å². The third kappa shape index (κ3) is 2.17. The molecule has 4 heteroatoms. The lowest BCUT2D eigenvalue weighted by Crippen LogP contribution is -2.03. The fraction of sp³-hybridized carbons (Fsp3) is 0.231. The highest BCUT2D eigenvalue weighted by Crippen LogP contribution is 2.36. The first kappa shape index (κ1) is 11.7. The Morgan fingerprint density at radius 3 is 2.65 bits per heavy atom. The Balaban J connectivity index is 2.59. The molecule has 17 heavy (non-hydrogen) atoms. The molecular weight excluding hydrogens is 223 g/mol. The minimum atomic E-state index is -0.433. The lowest BCUT2D eigenvalue weighted by molar-refractivity contribution is 0.0464. The molecule has 2 rings (SSSR count). The molecule has 0 saturated carbocycles. The van der Waals surface area contributed by atoms with Crippen molar-refractivity contribution in [1.29, 1.82) is 0 Å². The second kappa shape index (κ2) is 5.01. The van der Waals surface area contributed by atoms with Crippen molar-refractivity contribution >= 4 is 10.8 Å². The van der Waals surface area contributed by atoms with E-state index >= 15 is 0 Å². The number of methoxy groups -OCH3 is 2. The molecule has 0 aromatic heterocycles. The maximum atomic E-state index is 14.2. The van der Waals surface area contributed by atoms with E-state index < -0.39 is 5.82 Å². The van der Waals surface area contributed by atoms with Crippen LogP contribution in [0.1, 0.15) is 0 Å². The first-order valence-electron chi connectivity index (χ1n) is 5.15. The number of benzene rings is 2. The maximum Gasteiger partial charge on any atom is 0.200 e. The molecule has 0 spiro atoms. The summed E-state index contributed by atoms with van der Waals surface area (Å²) in [5, 5.41) is 1.27. The summed E-state index contributed by atoms with van der Waals surface area (Å²) in [6.45, 7) is -0.0222. The number of hydrogen-bond acceptors (Lipinski definition) is 3. The minimum Gasteiger partial charge on any atom is -0.493 e. The first-order chi connectivity index (χ1) is 8.27. The summed E-state index contributed by atoms with van der Waals surface area (Å²) < 4.78 is 29.3. The van der Waals surface area contributed by atoms with E-state index in [0.717, 1.165) is 5.39 Å². The van der Waals surface area contributed by atoms with E-state index in [9.17, 15) is 4.39 Å². The summed E-state index contributed by atoms with van der Waals surface area (Å²) in [6.07, 6.45) is 0. The molecule has 0 bridgehead atoms. The predicted octanol–water partition coefficient (Wildman–Crippen LogP) is 2.97. The van der Waals surface area contributed by atoms with Gasteiger partial charge in [0.1, 0.15) is 0 Å². The van der Waals surface area contributed by atoms with Crippen LogP contribution in [0.15, 0.2) is 30.3 Å². The van der Waals surface area contributed by atoms with Gasteiger partial charge in [0, 0.05) is 12.5 Å². The highest BCUT2D eigenvalue weighted by Gasteiger charge is 2.15. The van der Waals surface area contributed by atoms with Crippen molar-refractivity contribution in [2.24, 2.45) is 0 Å². The van der Waals surface area contributed by atoms with Crippen LogP contribution in [0.4, 0.5) is 4.39 Å². The fourth-order valence-corrected chi connectivity index (χ4v) is 1.66. The molecule has 90 valence electrons. The molecule has 0 heterocycles. The van der Waals surface area contributed by atoms with Gasteiger partial charge < -0.3 is 14.2 Å². The Morgan fingerprint density at radius 1 is 1.18 bits per heavy atom. The normalized spacial score (nSPS) is 10.5. The van der Waals surface area contributed by atoms with Gasteiger partial charge in [-0.2, -0.15) is 0 Å².